The Hall–Kier alpha value is -3.08. The van der Waals surface area contributed by atoms with Gasteiger partial charge in [-0.15, -0.1) is 0 Å². The number of anilines is 1. The molecular formula is C23H25NO4. The molecule has 1 amide bonds. The zero-order valence-electron chi connectivity index (χ0n) is 16.6. The van der Waals surface area contributed by atoms with E-state index in [1.165, 1.54) is 0 Å². The predicted molar refractivity (Wildman–Crippen MR) is 109 cm³/mol. The lowest BCUT2D eigenvalue weighted by Crippen LogP contribution is -2.32. The highest BCUT2D eigenvalue weighted by Crippen LogP contribution is 2.28. The molecule has 2 aromatic rings. The van der Waals surface area contributed by atoms with Crippen molar-refractivity contribution in [1.29, 1.82) is 0 Å². The van der Waals surface area contributed by atoms with Crippen LogP contribution in [0.25, 0.3) is 6.08 Å². The number of benzene rings is 2. The molecular weight excluding hydrogens is 354 g/mol. The van der Waals surface area contributed by atoms with Gasteiger partial charge in [-0.3, -0.25) is 4.79 Å². The molecule has 5 heteroatoms. The largest absolute Gasteiger partial charge is 0.488 e. The van der Waals surface area contributed by atoms with Gasteiger partial charge in [0.05, 0.1) is 5.57 Å². The molecule has 1 N–H and O–H groups in total. The van der Waals surface area contributed by atoms with Gasteiger partial charge in [-0.1, -0.05) is 50.2 Å². The van der Waals surface area contributed by atoms with Gasteiger partial charge in [-0.25, -0.2) is 4.79 Å². The van der Waals surface area contributed by atoms with Crippen LogP contribution >= 0.6 is 0 Å². The third-order valence-electron chi connectivity index (χ3n) is 4.72. The zero-order chi connectivity index (χ0) is 20.3. The van der Waals surface area contributed by atoms with E-state index in [9.17, 15) is 9.59 Å². The summed E-state index contributed by atoms with van der Waals surface area (Å²) in [6.45, 7) is 7.78. The summed E-state index contributed by atoms with van der Waals surface area (Å²) in [4.78, 5) is 25.1. The van der Waals surface area contributed by atoms with Gasteiger partial charge >= 0.3 is 5.97 Å². The van der Waals surface area contributed by atoms with Crippen molar-refractivity contribution < 1.29 is 19.1 Å². The standard InChI is InChI=1S/C23H25NO4/c1-14(2)19-10-7-8-15(3)21(19)24-22(25)16(4)28-23(26)18-12-17-9-5-6-11-20(17)27-13-18/h5-12,14,16H,13H2,1-4H3,(H,24,25)/t16-/m1/s1. The highest BCUT2D eigenvalue weighted by Gasteiger charge is 2.24. The molecule has 0 saturated carbocycles. The van der Waals surface area contributed by atoms with Crippen LogP contribution in [0.15, 0.2) is 48.0 Å². The minimum Gasteiger partial charge on any atom is -0.488 e. The number of rotatable bonds is 5. The summed E-state index contributed by atoms with van der Waals surface area (Å²) in [5.41, 5.74) is 4.00. The van der Waals surface area contributed by atoms with Crippen molar-refractivity contribution in [3.8, 4) is 5.75 Å². The molecule has 1 heterocycles. The van der Waals surface area contributed by atoms with Crippen molar-refractivity contribution >= 4 is 23.6 Å². The number of para-hydroxylation sites is 2. The first-order valence-electron chi connectivity index (χ1n) is 9.40. The number of fused-ring (bicyclic) bond motifs is 1. The van der Waals surface area contributed by atoms with Gasteiger partial charge in [0, 0.05) is 11.3 Å². The lowest BCUT2D eigenvalue weighted by Gasteiger charge is -2.20. The van der Waals surface area contributed by atoms with Gasteiger partial charge in [0.15, 0.2) is 6.10 Å². The van der Waals surface area contributed by atoms with E-state index in [4.69, 9.17) is 9.47 Å². The van der Waals surface area contributed by atoms with Crippen molar-refractivity contribution in [2.24, 2.45) is 0 Å². The van der Waals surface area contributed by atoms with E-state index in [1.807, 2.05) is 49.4 Å². The lowest BCUT2D eigenvalue weighted by molar-refractivity contribution is -0.149. The van der Waals surface area contributed by atoms with Crippen molar-refractivity contribution in [3.05, 3.63) is 64.7 Å². The Kier molecular flexibility index (Phi) is 5.83. The van der Waals surface area contributed by atoms with Crippen LogP contribution in [0, 0.1) is 6.92 Å². The molecule has 0 aromatic heterocycles. The molecule has 0 unspecified atom stereocenters. The number of ether oxygens (including phenoxy) is 2. The average Bonchev–Trinajstić information content (AvgIpc) is 2.68. The second-order valence-electron chi connectivity index (χ2n) is 7.23. The summed E-state index contributed by atoms with van der Waals surface area (Å²) in [7, 11) is 0. The summed E-state index contributed by atoms with van der Waals surface area (Å²) in [6, 6.07) is 13.4. The van der Waals surface area contributed by atoms with E-state index in [0.717, 1.165) is 28.1 Å². The number of hydrogen-bond donors (Lipinski definition) is 1. The third kappa shape index (κ3) is 4.25. The average molecular weight is 379 g/mol. The molecule has 0 fully saturated rings. The summed E-state index contributed by atoms with van der Waals surface area (Å²) in [5, 5.41) is 2.92. The normalized spacial score (nSPS) is 13.8. The first-order valence-corrected chi connectivity index (χ1v) is 9.40. The van der Waals surface area contributed by atoms with Crippen LogP contribution in [0.1, 0.15) is 43.4 Å². The Morgan fingerprint density at radius 2 is 1.82 bits per heavy atom. The van der Waals surface area contributed by atoms with Crippen molar-refractivity contribution in [2.45, 2.75) is 39.7 Å². The quantitative estimate of drug-likeness (QED) is 0.779. The minimum absolute atomic E-state index is 0.124. The van der Waals surface area contributed by atoms with E-state index in [1.54, 1.807) is 13.0 Å². The number of aryl methyl sites for hydroxylation is 1. The molecule has 0 bridgehead atoms. The zero-order valence-corrected chi connectivity index (χ0v) is 16.6. The van der Waals surface area contributed by atoms with Crippen LogP contribution in [-0.4, -0.2) is 24.6 Å². The maximum atomic E-state index is 12.6. The molecule has 0 saturated heterocycles. The molecule has 0 radical (unpaired) electrons. The minimum atomic E-state index is -0.926. The highest BCUT2D eigenvalue weighted by atomic mass is 16.6. The summed E-state index contributed by atoms with van der Waals surface area (Å²) in [5.74, 6) is 0.0802. The van der Waals surface area contributed by atoms with Gasteiger partial charge in [0.1, 0.15) is 12.4 Å². The number of hydrogen-bond acceptors (Lipinski definition) is 4. The molecule has 3 rings (SSSR count). The van der Waals surface area contributed by atoms with Gasteiger partial charge in [-0.05, 0) is 43.0 Å². The fourth-order valence-corrected chi connectivity index (χ4v) is 3.09. The molecule has 0 aliphatic carbocycles. The van der Waals surface area contributed by atoms with Crippen LogP contribution in [0.3, 0.4) is 0 Å². The molecule has 1 aliphatic rings. The Morgan fingerprint density at radius 1 is 1.07 bits per heavy atom. The molecule has 1 aliphatic heterocycles. The Balaban J connectivity index is 1.69. The number of esters is 1. The number of amides is 1. The first-order chi connectivity index (χ1) is 13.4. The Morgan fingerprint density at radius 3 is 2.57 bits per heavy atom. The maximum absolute atomic E-state index is 12.6. The van der Waals surface area contributed by atoms with E-state index in [2.05, 4.69) is 19.2 Å². The van der Waals surface area contributed by atoms with Crippen LogP contribution in [0.4, 0.5) is 5.69 Å². The van der Waals surface area contributed by atoms with Crippen LogP contribution in [0.5, 0.6) is 5.75 Å². The second-order valence-corrected chi connectivity index (χ2v) is 7.23. The third-order valence-corrected chi connectivity index (χ3v) is 4.72. The van der Waals surface area contributed by atoms with Crippen LogP contribution in [-0.2, 0) is 14.3 Å². The van der Waals surface area contributed by atoms with E-state index < -0.39 is 12.1 Å². The lowest BCUT2D eigenvalue weighted by atomic mass is 9.98. The maximum Gasteiger partial charge on any atom is 0.338 e. The van der Waals surface area contributed by atoms with Crippen molar-refractivity contribution in [2.75, 3.05) is 11.9 Å². The topological polar surface area (TPSA) is 64.6 Å². The van der Waals surface area contributed by atoms with E-state index >= 15 is 0 Å². The summed E-state index contributed by atoms with van der Waals surface area (Å²) >= 11 is 0. The molecule has 0 spiro atoms. The smallest absolute Gasteiger partial charge is 0.338 e. The fraction of sp³-hybridized carbons (Fsp3) is 0.304. The van der Waals surface area contributed by atoms with Crippen LogP contribution in [0.2, 0.25) is 0 Å². The van der Waals surface area contributed by atoms with Gasteiger partial charge in [0.2, 0.25) is 0 Å². The monoisotopic (exact) mass is 379 g/mol. The molecule has 2 aromatic carbocycles. The molecule has 5 nitrogen and oxygen atoms in total. The molecule has 28 heavy (non-hydrogen) atoms. The molecule has 146 valence electrons. The van der Waals surface area contributed by atoms with Crippen molar-refractivity contribution in [3.63, 3.8) is 0 Å². The fourth-order valence-electron chi connectivity index (χ4n) is 3.09. The van der Waals surface area contributed by atoms with Gasteiger partial charge < -0.3 is 14.8 Å². The number of carbonyl (C=O) groups excluding carboxylic acids is 2. The SMILES string of the molecule is Cc1cccc(C(C)C)c1NC(=O)[C@@H](C)OC(=O)C1=Cc2ccccc2OC1. The van der Waals surface area contributed by atoms with E-state index in [-0.39, 0.29) is 18.4 Å². The summed E-state index contributed by atoms with van der Waals surface area (Å²) < 4.78 is 11.0. The van der Waals surface area contributed by atoms with Crippen LogP contribution < -0.4 is 10.1 Å². The van der Waals surface area contributed by atoms with E-state index in [0.29, 0.717) is 5.57 Å². The Bertz CT molecular complexity index is 930. The number of carbonyl (C=O) groups is 2. The number of nitrogens with one attached hydrogen (secondary N) is 1. The van der Waals surface area contributed by atoms with Gasteiger partial charge in [-0.2, -0.15) is 0 Å². The Labute approximate surface area is 165 Å². The summed E-state index contributed by atoms with van der Waals surface area (Å²) in [6.07, 6.45) is 0.814. The van der Waals surface area contributed by atoms with Gasteiger partial charge in [0.25, 0.3) is 5.91 Å². The highest BCUT2D eigenvalue weighted by molar-refractivity contribution is 6.00. The van der Waals surface area contributed by atoms with Crippen molar-refractivity contribution in [1.82, 2.24) is 0 Å². The first kappa shape index (κ1) is 19.7. The predicted octanol–water partition coefficient (Wildman–Crippen LogP) is 4.46. The molecule has 1 atom stereocenters. The second kappa shape index (κ2) is 8.30.